The fraction of sp³-hybridized carbons (Fsp3) is 0.0370. The highest BCUT2D eigenvalue weighted by Crippen LogP contribution is 2.41. The SMILES string of the molecule is CC(c1ccccc1)(c1ccc(-c2nc(-c3ccccc3)c(C#N)c(-c3ccccc3)n2)cc1)c1ccc(-c2nc(-c3ccccc3)c(C#N)c(-c3ccccc3)n2)cc1. The van der Waals surface area contributed by atoms with Crippen molar-refractivity contribution in [2.75, 3.05) is 0 Å². The van der Waals surface area contributed by atoms with Gasteiger partial charge in [-0.25, -0.2) is 19.9 Å². The third kappa shape index (κ3) is 7.00. The molecule has 0 saturated carbocycles. The summed E-state index contributed by atoms with van der Waals surface area (Å²) >= 11 is 0. The molecule has 0 amide bonds. The molecule has 0 radical (unpaired) electrons. The highest BCUT2D eigenvalue weighted by Gasteiger charge is 2.32. The van der Waals surface area contributed by atoms with E-state index in [-0.39, 0.29) is 0 Å². The largest absolute Gasteiger partial charge is 0.227 e. The number of nitrogens with zero attached hydrogens (tertiary/aromatic N) is 6. The van der Waals surface area contributed by atoms with Gasteiger partial charge < -0.3 is 0 Å². The standard InChI is InChI=1S/C54H36N6/c1-54(43-25-15-6-16-26-43,44-31-27-41(28-32-44)52-57-48(37-17-7-2-8-18-37)46(35-55)49(58-52)38-19-9-3-10-20-38)45-33-29-42(30-34-45)53-59-50(39-21-11-4-12-22-39)47(36-56)51(60-53)40-23-13-5-14-24-40/h2-34H,1H3. The van der Waals surface area contributed by atoms with Gasteiger partial charge in [0.25, 0.3) is 0 Å². The average Bonchev–Trinajstić information content (AvgIpc) is 3.34. The van der Waals surface area contributed by atoms with E-state index in [4.69, 9.17) is 19.9 Å². The van der Waals surface area contributed by atoms with Crippen LogP contribution in [0.3, 0.4) is 0 Å². The molecule has 2 heterocycles. The Balaban J connectivity index is 1.14. The van der Waals surface area contributed by atoms with Crippen molar-refractivity contribution in [2.24, 2.45) is 0 Å². The molecule has 0 aliphatic carbocycles. The number of nitriles is 2. The molecule has 0 bridgehead atoms. The van der Waals surface area contributed by atoms with E-state index in [1.807, 2.05) is 127 Å². The van der Waals surface area contributed by atoms with Crippen LogP contribution in [-0.2, 0) is 5.41 Å². The van der Waals surface area contributed by atoms with Crippen molar-refractivity contribution in [3.63, 3.8) is 0 Å². The molecule has 0 atom stereocenters. The van der Waals surface area contributed by atoms with Crippen molar-refractivity contribution < 1.29 is 0 Å². The molecule has 6 nitrogen and oxygen atoms in total. The Morgan fingerprint density at radius 2 is 0.567 bits per heavy atom. The second-order valence-electron chi connectivity index (χ2n) is 14.6. The first kappa shape index (κ1) is 37.3. The smallest absolute Gasteiger partial charge is 0.160 e. The first-order valence-electron chi connectivity index (χ1n) is 19.7. The summed E-state index contributed by atoms with van der Waals surface area (Å²) in [5.41, 5.74) is 11.1. The lowest BCUT2D eigenvalue weighted by molar-refractivity contribution is 0.692. The van der Waals surface area contributed by atoms with Crippen molar-refractivity contribution in [3.05, 3.63) is 228 Å². The van der Waals surface area contributed by atoms with E-state index in [1.54, 1.807) is 0 Å². The van der Waals surface area contributed by atoms with Crippen molar-refractivity contribution in [1.29, 1.82) is 10.5 Å². The van der Waals surface area contributed by atoms with Crippen molar-refractivity contribution in [3.8, 4) is 79.9 Å². The molecule has 0 fully saturated rings. The van der Waals surface area contributed by atoms with Gasteiger partial charge in [0.05, 0.1) is 22.8 Å². The summed E-state index contributed by atoms with van der Waals surface area (Å²) in [6.07, 6.45) is 0. The zero-order valence-corrected chi connectivity index (χ0v) is 32.7. The van der Waals surface area contributed by atoms with Gasteiger partial charge in [-0.2, -0.15) is 10.5 Å². The maximum absolute atomic E-state index is 10.4. The Hall–Kier alpha value is -8.32. The summed E-state index contributed by atoms with van der Waals surface area (Å²) in [6.45, 7) is 2.24. The fourth-order valence-electron chi connectivity index (χ4n) is 7.79. The molecule has 0 unspecified atom stereocenters. The van der Waals surface area contributed by atoms with Gasteiger partial charge in [0.1, 0.15) is 23.3 Å². The molecule has 7 aromatic carbocycles. The summed E-state index contributed by atoms with van der Waals surface area (Å²) in [5, 5.41) is 20.8. The lowest BCUT2D eigenvalue weighted by atomic mass is 9.71. The quantitative estimate of drug-likeness (QED) is 0.136. The Labute approximate surface area is 349 Å². The molecule has 0 N–H and O–H groups in total. The van der Waals surface area contributed by atoms with Crippen LogP contribution in [0.15, 0.2) is 200 Å². The molecule has 9 aromatic rings. The summed E-state index contributed by atoms with van der Waals surface area (Å²) in [6, 6.07) is 71.3. The average molecular weight is 769 g/mol. The van der Waals surface area contributed by atoms with Gasteiger partial charge in [0.2, 0.25) is 0 Å². The van der Waals surface area contributed by atoms with E-state index in [1.165, 1.54) is 0 Å². The predicted molar refractivity (Wildman–Crippen MR) is 238 cm³/mol. The monoisotopic (exact) mass is 768 g/mol. The molecule has 0 spiro atoms. The maximum atomic E-state index is 10.4. The summed E-state index contributed by atoms with van der Waals surface area (Å²) in [4.78, 5) is 20.1. The van der Waals surface area contributed by atoms with Crippen LogP contribution in [0.2, 0.25) is 0 Å². The minimum atomic E-state index is -0.551. The molecule has 2 aromatic heterocycles. The van der Waals surface area contributed by atoms with Crippen LogP contribution in [0.5, 0.6) is 0 Å². The third-order valence-corrected chi connectivity index (χ3v) is 11.0. The lowest BCUT2D eigenvalue weighted by Crippen LogP contribution is -2.25. The topological polar surface area (TPSA) is 99.1 Å². The minimum Gasteiger partial charge on any atom is -0.227 e. The first-order chi connectivity index (χ1) is 29.5. The third-order valence-electron chi connectivity index (χ3n) is 11.0. The lowest BCUT2D eigenvalue weighted by Gasteiger charge is -2.32. The van der Waals surface area contributed by atoms with Crippen LogP contribution in [0.4, 0.5) is 0 Å². The summed E-state index contributed by atoms with van der Waals surface area (Å²) in [5.74, 6) is 1.08. The Morgan fingerprint density at radius 3 is 0.833 bits per heavy atom. The van der Waals surface area contributed by atoms with E-state index in [9.17, 15) is 10.5 Å². The number of hydrogen-bond donors (Lipinski definition) is 0. The minimum absolute atomic E-state index is 0.437. The normalized spacial score (nSPS) is 11.1. The molecule has 60 heavy (non-hydrogen) atoms. The number of rotatable bonds is 9. The highest BCUT2D eigenvalue weighted by atomic mass is 14.9. The van der Waals surface area contributed by atoms with E-state index in [2.05, 4.69) is 91.9 Å². The number of hydrogen-bond acceptors (Lipinski definition) is 6. The van der Waals surface area contributed by atoms with E-state index in [0.29, 0.717) is 45.6 Å². The molecular formula is C54H36N6. The molecule has 0 aliphatic rings. The van der Waals surface area contributed by atoms with Crippen LogP contribution < -0.4 is 0 Å². The van der Waals surface area contributed by atoms with Gasteiger partial charge >= 0.3 is 0 Å². The second-order valence-corrected chi connectivity index (χ2v) is 14.6. The van der Waals surface area contributed by atoms with E-state index >= 15 is 0 Å². The van der Waals surface area contributed by atoms with Gasteiger partial charge in [-0.15, -0.1) is 0 Å². The van der Waals surface area contributed by atoms with Crippen LogP contribution in [0.1, 0.15) is 34.7 Å². The van der Waals surface area contributed by atoms with Crippen LogP contribution in [0, 0.1) is 22.7 Å². The van der Waals surface area contributed by atoms with Crippen LogP contribution in [0.25, 0.3) is 67.8 Å². The Kier molecular flexibility index (Phi) is 10.1. The van der Waals surface area contributed by atoms with Gasteiger partial charge in [-0.3, -0.25) is 0 Å². The van der Waals surface area contributed by atoms with Crippen molar-refractivity contribution in [2.45, 2.75) is 12.3 Å². The van der Waals surface area contributed by atoms with Gasteiger partial charge in [-0.1, -0.05) is 200 Å². The Morgan fingerprint density at radius 1 is 0.317 bits per heavy atom. The molecule has 0 aliphatic heterocycles. The van der Waals surface area contributed by atoms with Crippen LogP contribution >= 0.6 is 0 Å². The molecule has 0 saturated heterocycles. The van der Waals surface area contributed by atoms with Crippen LogP contribution in [-0.4, -0.2) is 19.9 Å². The molecule has 9 rings (SSSR count). The highest BCUT2D eigenvalue weighted by molar-refractivity contribution is 5.81. The summed E-state index contributed by atoms with van der Waals surface area (Å²) in [7, 11) is 0. The van der Waals surface area contributed by atoms with Crippen molar-refractivity contribution in [1.82, 2.24) is 19.9 Å². The van der Waals surface area contributed by atoms with Gasteiger partial charge in [-0.05, 0) is 23.6 Å². The molecule has 282 valence electrons. The van der Waals surface area contributed by atoms with Gasteiger partial charge in [0.15, 0.2) is 11.6 Å². The first-order valence-corrected chi connectivity index (χ1v) is 19.7. The number of benzene rings is 7. The molecular weight excluding hydrogens is 733 g/mol. The molecule has 6 heteroatoms. The van der Waals surface area contributed by atoms with Gasteiger partial charge in [0, 0.05) is 38.8 Å². The zero-order valence-electron chi connectivity index (χ0n) is 32.7. The van der Waals surface area contributed by atoms with E-state index < -0.39 is 5.41 Å². The number of aromatic nitrogens is 4. The summed E-state index contributed by atoms with van der Waals surface area (Å²) < 4.78 is 0. The zero-order chi connectivity index (χ0) is 40.9. The Bertz CT molecular complexity index is 2700. The van der Waals surface area contributed by atoms with Crippen molar-refractivity contribution >= 4 is 0 Å². The predicted octanol–water partition coefficient (Wildman–Crippen LogP) is 12.4. The maximum Gasteiger partial charge on any atom is 0.160 e. The fourth-order valence-corrected chi connectivity index (χ4v) is 7.79. The second kappa shape index (κ2) is 16.3. The van der Waals surface area contributed by atoms with E-state index in [0.717, 1.165) is 50.1 Å².